The summed E-state index contributed by atoms with van der Waals surface area (Å²) in [5.74, 6) is -0.0829. The molecule has 1 aliphatic rings. The van der Waals surface area contributed by atoms with Crippen LogP contribution in [0.25, 0.3) is 16.6 Å². The van der Waals surface area contributed by atoms with Gasteiger partial charge in [0.25, 0.3) is 0 Å². The molecule has 5 nitrogen and oxygen atoms in total. The topological polar surface area (TPSA) is 64.3 Å². The predicted molar refractivity (Wildman–Crippen MR) is 101 cm³/mol. The highest BCUT2D eigenvalue weighted by Gasteiger charge is 2.34. The number of aromatic nitrogens is 2. The normalized spacial score (nSPS) is 19.2. The average Bonchev–Trinajstić information content (AvgIpc) is 2.69. The summed E-state index contributed by atoms with van der Waals surface area (Å²) < 4.78 is 46.9. The van der Waals surface area contributed by atoms with Gasteiger partial charge in [0.1, 0.15) is 5.75 Å². The number of hydrogen-bond acceptors (Lipinski definition) is 4. The fourth-order valence-electron chi connectivity index (χ4n) is 3.73. The fourth-order valence-corrected chi connectivity index (χ4v) is 3.73. The maximum atomic E-state index is 13.5. The van der Waals surface area contributed by atoms with Crippen molar-refractivity contribution in [3.8, 4) is 11.4 Å². The third-order valence-corrected chi connectivity index (χ3v) is 5.43. The van der Waals surface area contributed by atoms with Crippen molar-refractivity contribution in [3.05, 3.63) is 64.2 Å². The summed E-state index contributed by atoms with van der Waals surface area (Å²) in [4.78, 5) is 17.0. The predicted octanol–water partition coefficient (Wildman–Crippen LogP) is 3.73. The highest BCUT2D eigenvalue weighted by molar-refractivity contribution is 5.89. The molecule has 1 heterocycles. The van der Waals surface area contributed by atoms with Gasteiger partial charge in [-0.15, -0.1) is 0 Å². The van der Waals surface area contributed by atoms with Crippen molar-refractivity contribution >= 4 is 10.9 Å². The summed E-state index contributed by atoms with van der Waals surface area (Å²) in [6.45, 7) is 0. The van der Waals surface area contributed by atoms with Gasteiger partial charge >= 0.3 is 11.9 Å². The number of rotatable bonds is 4. The van der Waals surface area contributed by atoms with Crippen molar-refractivity contribution in [3.63, 3.8) is 0 Å². The first-order chi connectivity index (χ1) is 13.8. The minimum Gasteiger partial charge on any atom is -0.496 e. The van der Waals surface area contributed by atoms with E-state index in [4.69, 9.17) is 4.74 Å². The van der Waals surface area contributed by atoms with Crippen LogP contribution in [0.2, 0.25) is 0 Å². The van der Waals surface area contributed by atoms with E-state index in [1.807, 2.05) is 0 Å². The number of halogens is 3. The number of methoxy groups -OCH3 is 1. The Labute approximate surface area is 164 Å². The Morgan fingerprint density at radius 2 is 1.93 bits per heavy atom. The summed E-state index contributed by atoms with van der Waals surface area (Å²) in [5, 5.41) is 10.3. The molecule has 4 rings (SSSR count). The fraction of sp³-hybridized carbons (Fsp3) is 0.333. The van der Waals surface area contributed by atoms with Gasteiger partial charge in [-0.05, 0) is 49.4 Å². The van der Waals surface area contributed by atoms with Crippen LogP contribution < -0.4 is 10.4 Å². The standard InChI is InChI=1S/C21H19F3N2O3/c1-29-18-11-13(21(22,23)24)10-16-19(18)15(9-12-7-8-17(12)27)25-20(28)26(16)14-5-3-2-4-6-14/h2-6,10-12,17,27H,7-9H2,1H3/t12-,17+/m1/s1. The van der Waals surface area contributed by atoms with Crippen LogP contribution in [0.1, 0.15) is 24.1 Å². The number of benzene rings is 2. The Morgan fingerprint density at radius 1 is 1.21 bits per heavy atom. The molecule has 152 valence electrons. The van der Waals surface area contributed by atoms with E-state index in [0.29, 0.717) is 29.6 Å². The van der Waals surface area contributed by atoms with Crippen LogP contribution >= 0.6 is 0 Å². The van der Waals surface area contributed by atoms with E-state index < -0.39 is 23.5 Å². The third kappa shape index (κ3) is 3.48. The summed E-state index contributed by atoms with van der Waals surface area (Å²) in [7, 11) is 1.29. The lowest BCUT2D eigenvalue weighted by molar-refractivity contribution is -0.137. The number of fused-ring (bicyclic) bond motifs is 1. The van der Waals surface area contributed by atoms with Crippen molar-refractivity contribution in [2.24, 2.45) is 5.92 Å². The molecule has 8 heteroatoms. The molecule has 1 aromatic heterocycles. The first-order valence-corrected chi connectivity index (χ1v) is 9.24. The van der Waals surface area contributed by atoms with Gasteiger partial charge in [0.15, 0.2) is 0 Å². The van der Waals surface area contributed by atoms with Gasteiger partial charge in [0.2, 0.25) is 0 Å². The zero-order chi connectivity index (χ0) is 20.8. The average molecular weight is 404 g/mol. The van der Waals surface area contributed by atoms with E-state index in [1.54, 1.807) is 30.3 Å². The number of hydrogen-bond donors (Lipinski definition) is 1. The smallest absolute Gasteiger partial charge is 0.416 e. The molecule has 1 saturated carbocycles. The van der Waals surface area contributed by atoms with E-state index in [-0.39, 0.29) is 17.2 Å². The molecular formula is C21H19F3N2O3. The molecule has 3 aromatic rings. The molecule has 0 radical (unpaired) electrons. The molecule has 29 heavy (non-hydrogen) atoms. The number of alkyl halides is 3. The Kier molecular flexibility index (Phi) is 4.82. The van der Waals surface area contributed by atoms with Gasteiger partial charge in [0.05, 0.1) is 41.1 Å². The molecule has 1 N–H and O–H groups in total. The minimum absolute atomic E-state index is 0.00387. The van der Waals surface area contributed by atoms with E-state index in [0.717, 1.165) is 23.1 Å². The highest BCUT2D eigenvalue weighted by atomic mass is 19.4. The SMILES string of the molecule is COc1cc(C(F)(F)F)cc2c1c(C[C@H]1CC[C@@H]1O)nc(=O)n2-c1ccccc1. The molecule has 0 spiro atoms. The molecule has 0 amide bonds. The van der Waals surface area contributed by atoms with Crippen molar-refractivity contribution < 1.29 is 23.0 Å². The summed E-state index contributed by atoms with van der Waals surface area (Å²) in [6.07, 6.45) is -3.37. The Morgan fingerprint density at radius 3 is 2.48 bits per heavy atom. The van der Waals surface area contributed by atoms with Gasteiger partial charge in [-0.25, -0.2) is 4.79 Å². The lowest BCUT2D eigenvalue weighted by Gasteiger charge is -2.32. The van der Waals surface area contributed by atoms with Gasteiger partial charge in [-0.1, -0.05) is 18.2 Å². The molecular weight excluding hydrogens is 385 g/mol. The zero-order valence-corrected chi connectivity index (χ0v) is 15.6. The molecule has 2 aromatic carbocycles. The molecule has 0 unspecified atom stereocenters. The van der Waals surface area contributed by atoms with E-state index in [9.17, 15) is 23.1 Å². The van der Waals surface area contributed by atoms with Crippen LogP contribution in [0.4, 0.5) is 13.2 Å². The number of aliphatic hydroxyl groups excluding tert-OH is 1. The van der Waals surface area contributed by atoms with Crippen LogP contribution in [-0.2, 0) is 12.6 Å². The zero-order valence-electron chi connectivity index (χ0n) is 15.6. The number of ether oxygens (including phenoxy) is 1. The molecule has 2 atom stereocenters. The Hall–Kier alpha value is -2.87. The second-order valence-electron chi connectivity index (χ2n) is 7.19. The van der Waals surface area contributed by atoms with E-state index >= 15 is 0 Å². The highest BCUT2D eigenvalue weighted by Crippen LogP contribution is 2.39. The molecule has 1 fully saturated rings. The largest absolute Gasteiger partial charge is 0.496 e. The number of nitrogens with zero attached hydrogens (tertiary/aromatic N) is 2. The lowest BCUT2D eigenvalue weighted by atomic mass is 9.78. The lowest BCUT2D eigenvalue weighted by Crippen LogP contribution is -2.34. The quantitative estimate of drug-likeness (QED) is 0.720. The first-order valence-electron chi connectivity index (χ1n) is 9.24. The first kappa shape index (κ1) is 19.4. The summed E-state index contributed by atoms with van der Waals surface area (Å²) in [5.41, 5.74) is -0.759. The molecule has 0 bridgehead atoms. The molecule has 0 saturated heterocycles. The van der Waals surface area contributed by atoms with E-state index in [2.05, 4.69) is 4.98 Å². The minimum atomic E-state index is -4.60. The maximum absolute atomic E-state index is 13.5. The number of para-hydroxylation sites is 1. The van der Waals surface area contributed by atoms with Crippen molar-refractivity contribution in [2.45, 2.75) is 31.5 Å². The van der Waals surface area contributed by atoms with Crippen LogP contribution in [0, 0.1) is 5.92 Å². The monoisotopic (exact) mass is 404 g/mol. The Balaban J connectivity index is 2.05. The van der Waals surface area contributed by atoms with Crippen molar-refractivity contribution in [1.82, 2.24) is 9.55 Å². The number of aliphatic hydroxyl groups is 1. The van der Waals surface area contributed by atoms with Gasteiger partial charge in [0, 0.05) is 0 Å². The van der Waals surface area contributed by atoms with Crippen LogP contribution in [0.5, 0.6) is 5.75 Å². The second kappa shape index (κ2) is 7.18. The van der Waals surface area contributed by atoms with Gasteiger partial charge in [-0.2, -0.15) is 18.2 Å². The van der Waals surface area contributed by atoms with Crippen molar-refractivity contribution in [1.29, 1.82) is 0 Å². The van der Waals surface area contributed by atoms with Gasteiger partial charge < -0.3 is 9.84 Å². The second-order valence-corrected chi connectivity index (χ2v) is 7.19. The Bertz CT molecular complexity index is 1110. The summed E-state index contributed by atoms with van der Waals surface area (Å²) >= 11 is 0. The van der Waals surface area contributed by atoms with Crippen LogP contribution in [0.3, 0.4) is 0 Å². The van der Waals surface area contributed by atoms with E-state index in [1.165, 1.54) is 7.11 Å². The van der Waals surface area contributed by atoms with Gasteiger partial charge in [-0.3, -0.25) is 4.57 Å². The third-order valence-electron chi connectivity index (χ3n) is 5.43. The van der Waals surface area contributed by atoms with Crippen LogP contribution in [0.15, 0.2) is 47.3 Å². The molecule has 1 aliphatic carbocycles. The maximum Gasteiger partial charge on any atom is 0.416 e. The van der Waals surface area contributed by atoms with Crippen LogP contribution in [-0.4, -0.2) is 27.9 Å². The van der Waals surface area contributed by atoms with Crippen molar-refractivity contribution in [2.75, 3.05) is 7.11 Å². The molecule has 0 aliphatic heterocycles. The summed E-state index contributed by atoms with van der Waals surface area (Å²) in [6, 6.07) is 10.3.